The van der Waals surface area contributed by atoms with Gasteiger partial charge >= 0.3 is 0 Å². The van der Waals surface area contributed by atoms with E-state index in [0.717, 1.165) is 24.5 Å². The number of thiazole rings is 2. The summed E-state index contributed by atoms with van der Waals surface area (Å²) in [5, 5.41) is 5.76. The van der Waals surface area contributed by atoms with Crippen molar-refractivity contribution in [2.45, 2.75) is 26.8 Å². The van der Waals surface area contributed by atoms with Crippen LogP contribution in [0.5, 0.6) is 0 Å². The van der Waals surface area contributed by atoms with Crippen molar-refractivity contribution in [1.82, 2.24) is 15.3 Å². The summed E-state index contributed by atoms with van der Waals surface area (Å²) in [5.74, 6) is 0. The molecule has 2 aromatic rings. The van der Waals surface area contributed by atoms with Gasteiger partial charge in [-0.05, 0) is 13.8 Å². The summed E-state index contributed by atoms with van der Waals surface area (Å²) in [6, 6.07) is 0. The molecule has 0 bridgehead atoms. The quantitative estimate of drug-likeness (QED) is 0.832. The molecule has 0 amide bonds. The van der Waals surface area contributed by atoms with Crippen LogP contribution in [-0.4, -0.2) is 16.5 Å². The second kappa shape index (κ2) is 5.52. The minimum Gasteiger partial charge on any atom is -0.311 e. The first-order chi connectivity index (χ1) is 7.74. The number of aromatic nitrogens is 2. The fourth-order valence-electron chi connectivity index (χ4n) is 1.41. The van der Waals surface area contributed by atoms with Crippen molar-refractivity contribution in [3.63, 3.8) is 0 Å². The Kier molecular flexibility index (Phi) is 4.04. The highest BCUT2D eigenvalue weighted by molar-refractivity contribution is 7.11. The van der Waals surface area contributed by atoms with Gasteiger partial charge in [0.05, 0.1) is 10.0 Å². The molecule has 0 aliphatic rings. The lowest BCUT2D eigenvalue weighted by Gasteiger charge is -1.99. The summed E-state index contributed by atoms with van der Waals surface area (Å²) in [6.07, 6.45) is 4.89. The molecule has 5 heteroatoms. The van der Waals surface area contributed by atoms with Gasteiger partial charge in [0.2, 0.25) is 0 Å². The topological polar surface area (TPSA) is 37.8 Å². The first kappa shape index (κ1) is 11.7. The Hall–Kier alpha value is -0.780. The van der Waals surface area contributed by atoms with Gasteiger partial charge in [-0.15, -0.1) is 22.7 Å². The highest BCUT2D eigenvalue weighted by Gasteiger charge is 2.00. The number of rotatable bonds is 5. The number of nitrogens with one attached hydrogen (secondary N) is 1. The fourth-order valence-corrected chi connectivity index (χ4v) is 2.96. The minimum absolute atomic E-state index is 0.913. The van der Waals surface area contributed by atoms with Gasteiger partial charge < -0.3 is 5.32 Å². The summed E-state index contributed by atoms with van der Waals surface area (Å²) in [7, 11) is 0. The Labute approximate surface area is 104 Å². The molecule has 0 fully saturated rings. The third-order valence-electron chi connectivity index (χ3n) is 2.15. The van der Waals surface area contributed by atoms with E-state index < -0.39 is 0 Å². The molecule has 0 unspecified atom stereocenters. The monoisotopic (exact) mass is 253 g/mol. The summed E-state index contributed by atoms with van der Waals surface area (Å²) >= 11 is 3.53. The lowest BCUT2D eigenvalue weighted by Crippen LogP contribution is -2.15. The summed E-state index contributed by atoms with van der Waals surface area (Å²) in [4.78, 5) is 11.1. The van der Waals surface area contributed by atoms with E-state index in [9.17, 15) is 0 Å². The van der Waals surface area contributed by atoms with Gasteiger partial charge in [0.25, 0.3) is 0 Å². The number of aryl methyl sites for hydroxylation is 2. The maximum atomic E-state index is 4.33. The first-order valence-corrected chi connectivity index (χ1v) is 6.90. The molecule has 2 aromatic heterocycles. The van der Waals surface area contributed by atoms with Crippen LogP contribution in [0.15, 0.2) is 12.4 Å². The Balaban J connectivity index is 1.69. The Morgan fingerprint density at radius 2 is 2.06 bits per heavy atom. The molecule has 86 valence electrons. The third-order valence-corrected chi connectivity index (χ3v) is 4.04. The predicted octanol–water partition coefficient (Wildman–Crippen LogP) is 2.55. The molecule has 0 saturated carbocycles. The van der Waals surface area contributed by atoms with Crippen molar-refractivity contribution in [3.05, 3.63) is 32.2 Å². The number of hydrogen-bond donors (Lipinski definition) is 1. The zero-order chi connectivity index (χ0) is 11.4. The van der Waals surface area contributed by atoms with Crippen LogP contribution in [0.1, 0.15) is 19.8 Å². The summed E-state index contributed by atoms with van der Waals surface area (Å²) < 4.78 is 0. The van der Waals surface area contributed by atoms with Gasteiger partial charge in [-0.3, -0.25) is 0 Å². The van der Waals surface area contributed by atoms with E-state index in [1.807, 2.05) is 19.3 Å². The zero-order valence-corrected chi connectivity index (χ0v) is 11.1. The lowest BCUT2D eigenvalue weighted by atomic mass is 10.4. The number of hydrogen-bond acceptors (Lipinski definition) is 5. The highest BCUT2D eigenvalue weighted by Crippen LogP contribution is 2.12. The van der Waals surface area contributed by atoms with Crippen LogP contribution in [0.25, 0.3) is 0 Å². The smallest absolute Gasteiger partial charge is 0.0940 e. The van der Waals surface area contributed by atoms with Crippen LogP contribution in [0.4, 0.5) is 0 Å². The maximum absolute atomic E-state index is 4.33. The molecule has 0 aromatic carbocycles. The predicted molar refractivity (Wildman–Crippen MR) is 69.1 cm³/mol. The van der Waals surface area contributed by atoms with Gasteiger partial charge in [0.15, 0.2) is 0 Å². The molecule has 2 heterocycles. The van der Waals surface area contributed by atoms with E-state index in [1.165, 1.54) is 14.8 Å². The second-order valence-electron chi connectivity index (χ2n) is 3.64. The van der Waals surface area contributed by atoms with E-state index in [2.05, 4.69) is 22.2 Å². The van der Waals surface area contributed by atoms with Crippen molar-refractivity contribution in [2.75, 3.05) is 6.54 Å². The lowest BCUT2D eigenvalue weighted by molar-refractivity contribution is 0.691. The van der Waals surface area contributed by atoms with Crippen LogP contribution in [0.3, 0.4) is 0 Å². The molecular formula is C11H15N3S2. The molecule has 1 N–H and O–H groups in total. The first-order valence-electron chi connectivity index (χ1n) is 5.27. The fraction of sp³-hybridized carbons (Fsp3) is 0.455. The Bertz CT molecular complexity index is 405. The molecule has 0 spiro atoms. The van der Waals surface area contributed by atoms with Crippen molar-refractivity contribution in [3.8, 4) is 0 Å². The molecule has 0 aliphatic carbocycles. The minimum atomic E-state index is 0.913. The molecule has 0 aliphatic heterocycles. The Morgan fingerprint density at radius 3 is 2.69 bits per heavy atom. The molecule has 3 nitrogen and oxygen atoms in total. The Morgan fingerprint density at radius 1 is 1.19 bits per heavy atom. The van der Waals surface area contributed by atoms with Gasteiger partial charge in [0, 0.05) is 41.7 Å². The van der Waals surface area contributed by atoms with E-state index in [0.29, 0.717) is 0 Å². The third kappa shape index (κ3) is 3.37. The molecule has 0 atom stereocenters. The van der Waals surface area contributed by atoms with Gasteiger partial charge in [-0.25, -0.2) is 9.97 Å². The van der Waals surface area contributed by atoms with Crippen molar-refractivity contribution in [2.24, 2.45) is 0 Å². The van der Waals surface area contributed by atoms with Gasteiger partial charge in [0.1, 0.15) is 0 Å². The van der Waals surface area contributed by atoms with E-state index in [-0.39, 0.29) is 0 Å². The normalized spacial score (nSPS) is 10.9. The van der Waals surface area contributed by atoms with Gasteiger partial charge in [-0.1, -0.05) is 0 Å². The van der Waals surface area contributed by atoms with Crippen LogP contribution in [0.2, 0.25) is 0 Å². The average molecular weight is 253 g/mol. The van der Waals surface area contributed by atoms with Crippen LogP contribution >= 0.6 is 22.7 Å². The molecule has 16 heavy (non-hydrogen) atoms. The molecule has 2 rings (SSSR count). The standard InChI is InChI=1S/C11H15N3S2/c1-8-5-14-11(15-8)3-4-12-6-10-7-13-9(2)16-10/h5,7,12H,3-4,6H2,1-2H3. The second-order valence-corrected chi connectivity index (χ2v) is 6.28. The average Bonchev–Trinajstić information content (AvgIpc) is 2.83. The van der Waals surface area contributed by atoms with E-state index in [1.54, 1.807) is 22.7 Å². The zero-order valence-electron chi connectivity index (χ0n) is 9.49. The van der Waals surface area contributed by atoms with Crippen molar-refractivity contribution in [1.29, 1.82) is 0 Å². The van der Waals surface area contributed by atoms with Crippen molar-refractivity contribution < 1.29 is 0 Å². The SMILES string of the molecule is Cc1cnc(CCNCc2cnc(C)s2)s1. The maximum Gasteiger partial charge on any atom is 0.0940 e. The highest BCUT2D eigenvalue weighted by atomic mass is 32.1. The largest absolute Gasteiger partial charge is 0.311 e. The summed E-state index contributed by atoms with van der Waals surface area (Å²) in [5.41, 5.74) is 0. The molecule has 0 radical (unpaired) electrons. The molecule has 0 saturated heterocycles. The molecular weight excluding hydrogens is 238 g/mol. The van der Waals surface area contributed by atoms with Crippen LogP contribution < -0.4 is 5.32 Å². The van der Waals surface area contributed by atoms with E-state index >= 15 is 0 Å². The summed E-state index contributed by atoms with van der Waals surface area (Å²) in [6.45, 7) is 6.01. The van der Waals surface area contributed by atoms with E-state index in [4.69, 9.17) is 0 Å². The van der Waals surface area contributed by atoms with Gasteiger partial charge in [-0.2, -0.15) is 0 Å². The van der Waals surface area contributed by atoms with Crippen LogP contribution in [-0.2, 0) is 13.0 Å². The van der Waals surface area contributed by atoms with Crippen molar-refractivity contribution >= 4 is 22.7 Å². The number of nitrogens with zero attached hydrogens (tertiary/aromatic N) is 2. The van der Waals surface area contributed by atoms with Crippen LogP contribution in [0, 0.1) is 13.8 Å².